The molecule has 1 rings (SSSR count). The van der Waals surface area contributed by atoms with Crippen molar-refractivity contribution in [3.8, 4) is 5.95 Å². The highest BCUT2D eigenvalue weighted by Gasteiger charge is 2.13. The molecule has 0 amide bonds. The van der Waals surface area contributed by atoms with E-state index in [0.29, 0.717) is 11.5 Å². The molecule has 0 saturated heterocycles. The van der Waals surface area contributed by atoms with Crippen molar-refractivity contribution < 1.29 is 9.15 Å². The van der Waals surface area contributed by atoms with Crippen molar-refractivity contribution in [2.24, 2.45) is 0 Å². The fraction of sp³-hybridized carbons (Fsp3) is 0.722. The Labute approximate surface area is 128 Å². The molecule has 1 aromatic heterocycles. The average molecular weight is 294 g/mol. The van der Waals surface area contributed by atoms with Crippen LogP contribution in [0.4, 0.5) is 0 Å². The van der Waals surface area contributed by atoms with Crippen molar-refractivity contribution in [2.75, 3.05) is 7.11 Å². The van der Waals surface area contributed by atoms with E-state index >= 15 is 0 Å². The molecule has 3 nitrogen and oxygen atoms in total. The van der Waals surface area contributed by atoms with Crippen molar-refractivity contribution in [3.63, 3.8) is 0 Å². The number of aryl methyl sites for hydroxylation is 1. The molecule has 0 saturated carbocycles. The number of rotatable bonds is 10. The zero-order valence-electron chi connectivity index (χ0n) is 14.1. The van der Waals surface area contributed by atoms with E-state index in [9.17, 15) is 4.79 Å². The van der Waals surface area contributed by atoms with E-state index in [1.165, 1.54) is 44.9 Å². The molecule has 0 aliphatic rings. The highest BCUT2D eigenvalue weighted by molar-refractivity contribution is 5.29. The number of hydrogen-bond donors (Lipinski definition) is 0. The molecule has 0 fully saturated rings. The lowest BCUT2D eigenvalue weighted by molar-refractivity contribution is 0.277. The summed E-state index contributed by atoms with van der Waals surface area (Å²) in [5.41, 5.74) is 1.35. The van der Waals surface area contributed by atoms with Crippen molar-refractivity contribution in [3.05, 3.63) is 27.1 Å². The quantitative estimate of drug-likeness (QED) is 0.573. The fourth-order valence-electron chi connectivity index (χ4n) is 2.62. The van der Waals surface area contributed by atoms with Crippen LogP contribution in [-0.4, -0.2) is 7.11 Å². The Bertz CT molecular complexity index is 474. The smallest absolute Gasteiger partial charge is 0.291 e. The lowest BCUT2D eigenvalue weighted by atomic mass is 10.0. The lowest BCUT2D eigenvalue weighted by Gasteiger charge is -2.09. The van der Waals surface area contributed by atoms with Crippen LogP contribution in [0.15, 0.2) is 9.21 Å². The van der Waals surface area contributed by atoms with Gasteiger partial charge in [0.05, 0.1) is 12.7 Å². The third kappa shape index (κ3) is 5.56. The molecule has 0 aliphatic carbocycles. The van der Waals surface area contributed by atoms with Gasteiger partial charge >= 0.3 is 0 Å². The molecule has 0 unspecified atom stereocenters. The van der Waals surface area contributed by atoms with Gasteiger partial charge in [-0.25, -0.2) is 0 Å². The molecule has 21 heavy (non-hydrogen) atoms. The van der Waals surface area contributed by atoms with Gasteiger partial charge in [-0.2, -0.15) is 0 Å². The number of ether oxygens (including phenoxy) is 1. The molecule has 0 spiro atoms. The Balaban J connectivity index is 2.39. The van der Waals surface area contributed by atoms with Gasteiger partial charge in [-0.05, 0) is 20.3 Å². The van der Waals surface area contributed by atoms with Crippen LogP contribution in [0.1, 0.15) is 75.2 Å². The second-order valence-electron chi connectivity index (χ2n) is 5.82. The average Bonchev–Trinajstić information content (AvgIpc) is 2.49. The number of hydrogen-bond acceptors (Lipinski definition) is 3. The van der Waals surface area contributed by atoms with Crippen LogP contribution in [0, 0.1) is 13.8 Å². The molecule has 0 radical (unpaired) electrons. The van der Waals surface area contributed by atoms with Crippen molar-refractivity contribution in [2.45, 2.75) is 78.6 Å². The first-order valence-corrected chi connectivity index (χ1v) is 8.29. The monoisotopic (exact) mass is 294 g/mol. The van der Waals surface area contributed by atoms with E-state index in [1.807, 2.05) is 6.92 Å². The summed E-state index contributed by atoms with van der Waals surface area (Å²) in [6.07, 6.45) is 11.1. The topological polar surface area (TPSA) is 39.4 Å². The minimum Gasteiger partial charge on any atom is -0.468 e. The first-order chi connectivity index (χ1) is 10.1. The van der Waals surface area contributed by atoms with Crippen LogP contribution in [0.25, 0.3) is 0 Å². The van der Waals surface area contributed by atoms with E-state index < -0.39 is 0 Å². The zero-order valence-corrected chi connectivity index (χ0v) is 14.1. The normalized spacial score (nSPS) is 10.9. The van der Waals surface area contributed by atoms with Gasteiger partial charge in [-0.3, -0.25) is 4.79 Å². The van der Waals surface area contributed by atoms with E-state index in [4.69, 9.17) is 9.15 Å². The summed E-state index contributed by atoms with van der Waals surface area (Å²) in [6.45, 7) is 5.84. The third-order valence-corrected chi connectivity index (χ3v) is 4.06. The SMILES string of the molecule is CCCCCCCCCCc1oc(OC)c(C)c(=O)c1C. The molecular formula is C18H30O3. The first kappa shape index (κ1) is 17.8. The van der Waals surface area contributed by atoms with Crippen LogP contribution in [0.3, 0.4) is 0 Å². The van der Waals surface area contributed by atoms with Gasteiger partial charge < -0.3 is 9.15 Å². The van der Waals surface area contributed by atoms with Gasteiger partial charge in [0.2, 0.25) is 0 Å². The molecule has 0 aromatic carbocycles. The highest BCUT2D eigenvalue weighted by Crippen LogP contribution is 2.20. The number of unbranched alkanes of at least 4 members (excludes halogenated alkanes) is 7. The molecule has 1 heterocycles. The maximum atomic E-state index is 12.1. The second kappa shape index (κ2) is 9.64. The molecule has 120 valence electrons. The van der Waals surface area contributed by atoms with Crippen LogP contribution in [0.5, 0.6) is 5.95 Å². The summed E-state index contributed by atoms with van der Waals surface area (Å²) in [6, 6.07) is 0. The van der Waals surface area contributed by atoms with Gasteiger partial charge in [0.15, 0.2) is 5.43 Å². The summed E-state index contributed by atoms with van der Waals surface area (Å²) in [7, 11) is 1.54. The maximum Gasteiger partial charge on any atom is 0.291 e. The standard InChI is InChI=1S/C18H30O3/c1-5-6-7-8-9-10-11-12-13-16-14(2)17(19)15(3)18(20-4)21-16/h5-13H2,1-4H3. The van der Waals surface area contributed by atoms with Gasteiger partial charge in [0.1, 0.15) is 5.76 Å². The largest absolute Gasteiger partial charge is 0.468 e. The number of methoxy groups -OCH3 is 1. The van der Waals surface area contributed by atoms with Gasteiger partial charge in [-0.15, -0.1) is 0 Å². The minimum atomic E-state index is 0.0488. The minimum absolute atomic E-state index is 0.0488. The summed E-state index contributed by atoms with van der Waals surface area (Å²) in [5.74, 6) is 1.15. The van der Waals surface area contributed by atoms with Gasteiger partial charge in [0.25, 0.3) is 5.95 Å². The molecule has 0 aliphatic heterocycles. The highest BCUT2D eigenvalue weighted by atomic mass is 16.6. The van der Waals surface area contributed by atoms with Crippen molar-refractivity contribution in [1.82, 2.24) is 0 Å². The Morgan fingerprint density at radius 2 is 1.48 bits per heavy atom. The predicted molar refractivity (Wildman–Crippen MR) is 87.3 cm³/mol. The molecule has 3 heteroatoms. The molecular weight excluding hydrogens is 264 g/mol. The Morgan fingerprint density at radius 3 is 2.05 bits per heavy atom. The van der Waals surface area contributed by atoms with Crippen molar-refractivity contribution >= 4 is 0 Å². The van der Waals surface area contributed by atoms with Crippen molar-refractivity contribution in [1.29, 1.82) is 0 Å². The predicted octanol–water partition coefficient (Wildman–Crippen LogP) is 4.95. The van der Waals surface area contributed by atoms with Crippen LogP contribution >= 0.6 is 0 Å². The van der Waals surface area contributed by atoms with E-state index in [0.717, 1.165) is 24.2 Å². The van der Waals surface area contributed by atoms with E-state index in [1.54, 1.807) is 14.0 Å². The maximum absolute atomic E-state index is 12.1. The summed E-state index contributed by atoms with van der Waals surface area (Å²) in [5, 5.41) is 0. The van der Waals surface area contributed by atoms with E-state index in [2.05, 4.69) is 6.92 Å². The summed E-state index contributed by atoms with van der Waals surface area (Å²) >= 11 is 0. The lowest BCUT2D eigenvalue weighted by Crippen LogP contribution is -2.13. The fourth-order valence-corrected chi connectivity index (χ4v) is 2.62. The van der Waals surface area contributed by atoms with Gasteiger partial charge in [0, 0.05) is 12.0 Å². The Kier molecular flexibility index (Phi) is 8.17. The van der Waals surface area contributed by atoms with E-state index in [-0.39, 0.29) is 5.43 Å². The second-order valence-corrected chi connectivity index (χ2v) is 5.82. The molecule has 0 N–H and O–H groups in total. The van der Waals surface area contributed by atoms with Crippen LogP contribution < -0.4 is 10.2 Å². The van der Waals surface area contributed by atoms with Crippen LogP contribution in [0.2, 0.25) is 0 Å². The molecule has 0 bridgehead atoms. The Hall–Kier alpha value is -1.25. The molecule has 1 aromatic rings. The summed E-state index contributed by atoms with van der Waals surface area (Å²) < 4.78 is 10.8. The molecule has 0 atom stereocenters. The van der Waals surface area contributed by atoms with Crippen LogP contribution in [-0.2, 0) is 6.42 Å². The third-order valence-electron chi connectivity index (χ3n) is 4.06. The zero-order chi connectivity index (χ0) is 15.7. The summed E-state index contributed by atoms with van der Waals surface area (Å²) in [4.78, 5) is 12.1. The van der Waals surface area contributed by atoms with Gasteiger partial charge in [-0.1, -0.05) is 51.9 Å². The Morgan fingerprint density at radius 1 is 0.905 bits per heavy atom. The first-order valence-electron chi connectivity index (χ1n) is 8.29.